The highest BCUT2D eigenvalue weighted by atomic mass is 16.5. The quantitative estimate of drug-likeness (QED) is 0.306. The van der Waals surface area contributed by atoms with Crippen LogP contribution in [0.1, 0.15) is 39.1 Å². The number of benzene rings is 2. The molecule has 37 heavy (non-hydrogen) atoms. The van der Waals surface area contributed by atoms with E-state index in [1.54, 1.807) is 24.3 Å². The maximum Gasteiger partial charge on any atom is 0.255 e. The second-order valence-electron chi connectivity index (χ2n) is 9.47. The summed E-state index contributed by atoms with van der Waals surface area (Å²) in [6.07, 6.45) is 0.485. The number of aromatic hydroxyl groups is 1. The number of rotatable bonds is 4. The fourth-order valence-corrected chi connectivity index (χ4v) is 5.88. The zero-order valence-corrected chi connectivity index (χ0v) is 19.6. The smallest absolute Gasteiger partial charge is 0.255 e. The minimum atomic E-state index is -2.62. The molecule has 0 heterocycles. The predicted molar refractivity (Wildman–Crippen MR) is 128 cm³/mol. The standard InChI is InChI=1S/C27H23NO9/c1-37-14-2-3-15(12(7-14)10-29)16-4-5-18(30)21-17(16)8-11-6-13-9-19(31)22(26(28)35)25(34)27(13,36)24(33)20(11)23(21)32/h2-5,7,10-11,13,30-31,33,36H,6,8-9H2,1H3,(H2,28,35)/t11-,13+,27+/m1/s1. The summed E-state index contributed by atoms with van der Waals surface area (Å²) in [4.78, 5) is 50.3. The first-order valence-corrected chi connectivity index (χ1v) is 11.5. The Kier molecular flexibility index (Phi) is 5.45. The summed E-state index contributed by atoms with van der Waals surface area (Å²) in [5.74, 6) is -6.45. The number of aliphatic hydroxyl groups excluding tert-OH is 2. The minimum absolute atomic E-state index is 0.0150. The first-order chi connectivity index (χ1) is 17.5. The molecule has 3 aliphatic carbocycles. The summed E-state index contributed by atoms with van der Waals surface area (Å²) in [7, 11) is 1.46. The van der Waals surface area contributed by atoms with E-state index in [2.05, 4.69) is 0 Å². The molecule has 0 aliphatic heterocycles. The van der Waals surface area contributed by atoms with Crippen LogP contribution in [0.5, 0.6) is 11.5 Å². The van der Waals surface area contributed by atoms with Crippen LogP contribution >= 0.6 is 0 Å². The van der Waals surface area contributed by atoms with E-state index in [1.807, 2.05) is 0 Å². The molecule has 6 N–H and O–H groups in total. The number of carbonyl (C=O) groups is 4. The van der Waals surface area contributed by atoms with Crippen LogP contribution in [0, 0.1) is 11.8 Å². The van der Waals surface area contributed by atoms with E-state index in [4.69, 9.17) is 10.5 Å². The van der Waals surface area contributed by atoms with E-state index >= 15 is 0 Å². The van der Waals surface area contributed by atoms with Gasteiger partial charge in [0.25, 0.3) is 5.91 Å². The number of nitrogens with two attached hydrogens (primary N) is 1. The fourth-order valence-electron chi connectivity index (χ4n) is 5.88. The van der Waals surface area contributed by atoms with Gasteiger partial charge in [-0.3, -0.25) is 19.2 Å². The summed E-state index contributed by atoms with van der Waals surface area (Å²) in [6, 6.07) is 7.74. The number of ketones is 2. The Morgan fingerprint density at radius 3 is 2.46 bits per heavy atom. The molecule has 0 radical (unpaired) electrons. The summed E-state index contributed by atoms with van der Waals surface area (Å²) in [6.45, 7) is 0. The van der Waals surface area contributed by atoms with Gasteiger partial charge in [0.1, 0.15) is 28.6 Å². The maximum atomic E-state index is 13.7. The Hall–Kier alpha value is -4.44. The summed E-state index contributed by atoms with van der Waals surface area (Å²) >= 11 is 0. The molecule has 3 aliphatic rings. The van der Waals surface area contributed by atoms with Crippen molar-refractivity contribution in [2.75, 3.05) is 7.11 Å². The van der Waals surface area contributed by atoms with Crippen molar-refractivity contribution in [1.82, 2.24) is 0 Å². The van der Waals surface area contributed by atoms with Crippen molar-refractivity contribution in [3.05, 3.63) is 69.7 Å². The van der Waals surface area contributed by atoms with Crippen LogP contribution in [0.3, 0.4) is 0 Å². The number of fused-ring (bicyclic) bond motifs is 3. The van der Waals surface area contributed by atoms with Crippen molar-refractivity contribution >= 4 is 23.8 Å². The third-order valence-electron chi connectivity index (χ3n) is 7.62. The average Bonchev–Trinajstić information content (AvgIpc) is 2.85. The van der Waals surface area contributed by atoms with Gasteiger partial charge in [0.2, 0.25) is 5.78 Å². The number of carbonyl (C=O) groups excluding carboxylic acids is 4. The molecular formula is C27H23NO9. The first kappa shape index (κ1) is 24.3. The van der Waals surface area contributed by atoms with Crippen molar-refractivity contribution < 1.29 is 44.3 Å². The Bertz CT molecular complexity index is 1480. The molecule has 0 unspecified atom stereocenters. The maximum absolute atomic E-state index is 13.7. The molecule has 1 amide bonds. The van der Waals surface area contributed by atoms with Gasteiger partial charge in [-0.05, 0) is 59.7 Å². The molecule has 0 saturated carbocycles. The lowest BCUT2D eigenvalue weighted by atomic mass is 9.60. The number of phenols is 1. The molecular weight excluding hydrogens is 482 g/mol. The number of methoxy groups -OCH3 is 1. The predicted octanol–water partition coefficient (Wildman–Crippen LogP) is 2.07. The van der Waals surface area contributed by atoms with E-state index in [0.717, 1.165) is 0 Å². The molecule has 0 saturated heterocycles. The number of Topliss-reactive ketones (excluding diaryl/α,β-unsaturated/α-hetero) is 2. The third kappa shape index (κ3) is 3.29. The number of amides is 1. The lowest BCUT2D eigenvalue weighted by Gasteiger charge is -2.45. The number of aliphatic hydroxyl groups is 3. The van der Waals surface area contributed by atoms with E-state index in [1.165, 1.54) is 13.2 Å². The Labute approximate surface area is 210 Å². The highest BCUT2D eigenvalue weighted by molar-refractivity contribution is 6.24. The molecule has 0 aromatic heterocycles. The van der Waals surface area contributed by atoms with Crippen molar-refractivity contribution in [3.8, 4) is 22.6 Å². The number of hydrogen-bond acceptors (Lipinski definition) is 9. The molecule has 190 valence electrons. The van der Waals surface area contributed by atoms with Crippen LogP contribution in [0.25, 0.3) is 11.1 Å². The molecule has 0 bridgehead atoms. The minimum Gasteiger partial charge on any atom is -0.511 e. The second kappa shape index (κ2) is 8.31. The highest BCUT2D eigenvalue weighted by Crippen LogP contribution is 2.52. The van der Waals surface area contributed by atoms with E-state index in [-0.39, 0.29) is 36.1 Å². The lowest BCUT2D eigenvalue weighted by molar-refractivity contribution is -0.144. The summed E-state index contributed by atoms with van der Waals surface area (Å²) < 4.78 is 5.19. The monoisotopic (exact) mass is 505 g/mol. The van der Waals surface area contributed by atoms with Crippen LogP contribution in [0.4, 0.5) is 0 Å². The van der Waals surface area contributed by atoms with Gasteiger partial charge >= 0.3 is 0 Å². The molecule has 10 nitrogen and oxygen atoms in total. The second-order valence-corrected chi connectivity index (χ2v) is 9.47. The normalized spacial score (nSPS) is 24.8. The van der Waals surface area contributed by atoms with Gasteiger partial charge in [-0.1, -0.05) is 6.07 Å². The van der Waals surface area contributed by atoms with Crippen molar-refractivity contribution in [2.45, 2.75) is 24.9 Å². The van der Waals surface area contributed by atoms with Gasteiger partial charge in [0, 0.05) is 23.5 Å². The van der Waals surface area contributed by atoms with Gasteiger partial charge in [-0.2, -0.15) is 0 Å². The molecule has 2 aromatic carbocycles. The van der Waals surface area contributed by atoms with Crippen LogP contribution in [0.2, 0.25) is 0 Å². The zero-order valence-electron chi connectivity index (χ0n) is 19.6. The lowest BCUT2D eigenvalue weighted by Crippen LogP contribution is -2.57. The Balaban J connectivity index is 1.69. The van der Waals surface area contributed by atoms with Crippen LogP contribution in [-0.4, -0.2) is 56.9 Å². The summed E-state index contributed by atoms with van der Waals surface area (Å²) in [5.41, 5.74) is 3.15. The van der Waals surface area contributed by atoms with E-state index in [0.29, 0.717) is 34.3 Å². The topological polar surface area (TPSA) is 184 Å². The van der Waals surface area contributed by atoms with Gasteiger partial charge in [0.05, 0.1) is 12.7 Å². The molecule has 2 aromatic rings. The van der Waals surface area contributed by atoms with Crippen LogP contribution < -0.4 is 10.5 Å². The third-order valence-corrected chi connectivity index (χ3v) is 7.62. The number of primary amides is 1. The first-order valence-electron chi connectivity index (χ1n) is 11.5. The van der Waals surface area contributed by atoms with Crippen LogP contribution in [-0.2, 0) is 16.0 Å². The van der Waals surface area contributed by atoms with Gasteiger partial charge < -0.3 is 30.9 Å². The highest BCUT2D eigenvalue weighted by Gasteiger charge is 2.59. The number of ether oxygens (including phenoxy) is 1. The van der Waals surface area contributed by atoms with Crippen molar-refractivity contribution in [2.24, 2.45) is 17.6 Å². The molecule has 3 atom stereocenters. The number of hydrogen-bond donors (Lipinski definition) is 5. The van der Waals surface area contributed by atoms with Gasteiger partial charge in [0.15, 0.2) is 17.7 Å². The largest absolute Gasteiger partial charge is 0.511 e. The average molecular weight is 505 g/mol. The van der Waals surface area contributed by atoms with E-state index < -0.39 is 52.0 Å². The Morgan fingerprint density at radius 2 is 1.81 bits per heavy atom. The SMILES string of the molecule is COc1ccc(-c2ccc(O)c3c2C[C@H]2C[C@H]4CC(O)=C(C(N)=O)C(=O)[C@@]4(O)C(O)=C2C3=O)c(C=O)c1. The fraction of sp³-hybridized carbons (Fsp3) is 0.259. The zero-order chi connectivity index (χ0) is 26.8. The molecule has 0 spiro atoms. The van der Waals surface area contributed by atoms with E-state index in [9.17, 15) is 39.6 Å². The van der Waals surface area contributed by atoms with Crippen molar-refractivity contribution in [3.63, 3.8) is 0 Å². The molecule has 0 fully saturated rings. The number of phenolic OH excluding ortho intramolecular Hbond substituents is 1. The van der Waals surface area contributed by atoms with Crippen molar-refractivity contribution in [1.29, 1.82) is 0 Å². The molecule has 5 rings (SSSR count). The number of allylic oxidation sites excluding steroid dienone is 2. The Morgan fingerprint density at radius 1 is 1.11 bits per heavy atom. The van der Waals surface area contributed by atoms with Gasteiger partial charge in [-0.25, -0.2) is 0 Å². The molecule has 10 heteroatoms. The number of aldehydes is 1. The van der Waals surface area contributed by atoms with Crippen LogP contribution in [0.15, 0.2) is 53.0 Å². The van der Waals surface area contributed by atoms with Gasteiger partial charge in [-0.15, -0.1) is 0 Å². The summed E-state index contributed by atoms with van der Waals surface area (Å²) in [5, 5.41) is 43.4.